The molecule has 1 atom stereocenters. The molecular weight excluding hydrogens is 414 g/mol. The van der Waals surface area contributed by atoms with Crippen LogP contribution in [-0.4, -0.2) is 28.3 Å². The molecule has 2 aromatic carbocycles. The van der Waals surface area contributed by atoms with Gasteiger partial charge in [0.2, 0.25) is 11.8 Å². The fraction of sp³-hybridized carbons (Fsp3) is 0.346. The number of carbonyl (C=O) groups excluding carboxylic acids is 2. The lowest BCUT2D eigenvalue weighted by Gasteiger charge is -2.28. The minimum Gasteiger partial charge on any atom is -0.366 e. The van der Waals surface area contributed by atoms with Gasteiger partial charge >= 0.3 is 0 Å². The zero-order valence-electron chi connectivity index (χ0n) is 18.7. The number of rotatable bonds is 8. The van der Waals surface area contributed by atoms with Gasteiger partial charge in [-0.05, 0) is 62.3 Å². The van der Waals surface area contributed by atoms with Gasteiger partial charge in [-0.1, -0.05) is 42.5 Å². The number of benzene rings is 2. The lowest BCUT2D eigenvalue weighted by molar-refractivity contribution is -0.127. The summed E-state index contributed by atoms with van der Waals surface area (Å²) in [6.07, 6.45) is 6.09. The number of aromatic nitrogens is 2. The van der Waals surface area contributed by atoms with Crippen LogP contribution in [0.4, 0.5) is 0 Å². The standard InChI is InChI=1S/C26H31N5O2/c27-15-18-9-11-19(12-10-18)26(33)31-22(13-17-5-2-1-3-6-17)25-29-16-23(30-25)20-7-4-8-21(14-20)24(28)32/h1-8,14,16,18-19,22H,9-13,15,27H2,(H2,28,32)(H,29,30)(H,31,33)/t18?,19?,22-/m0/s1. The number of carbonyl (C=O) groups is 2. The van der Waals surface area contributed by atoms with Crippen molar-refractivity contribution in [2.75, 3.05) is 6.54 Å². The smallest absolute Gasteiger partial charge is 0.248 e. The van der Waals surface area contributed by atoms with Gasteiger partial charge in [-0.3, -0.25) is 9.59 Å². The maximum atomic E-state index is 13.1. The van der Waals surface area contributed by atoms with Gasteiger partial charge in [-0.25, -0.2) is 4.98 Å². The third-order valence-corrected chi connectivity index (χ3v) is 6.53. The van der Waals surface area contributed by atoms with E-state index >= 15 is 0 Å². The van der Waals surface area contributed by atoms with Crippen LogP contribution < -0.4 is 16.8 Å². The number of primary amides is 1. The largest absolute Gasteiger partial charge is 0.366 e. The Morgan fingerprint density at radius 1 is 1.06 bits per heavy atom. The minimum absolute atomic E-state index is 0.00718. The number of imidazole rings is 1. The molecule has 7 heteroatoms. The highest BCUT2D eigenvalue weighted by molar-refractivity contribution is 5.94. The van der Waals surface area contributed by atoms with Gasteiger partial charge in [-0.2, -0.15) is 0 Å². The van der Waals surface area contributed by atoms with E-state index in [1.165, 1.54) is 0 Å². The second-order valence-electron chi connectivity index (χ2n) is 8.83. The van der Waals surface area contributed by atoms with Crippen LogP contribution in [0.25, 0.3) is 11.3 Å². The molecule has 1 aliphatic carbocycles. The maximum absolute atomic E-state index is 13.1. The molecule has 0 saturated heterocycles. The van der Waals surface area contributed by atoms with E-state index in [0.29, 0.717) is 30.3 Å². The van der Waals surface area contributed by atoms with E-state index in [2.05, 4.69) is 15.3 Å². The molecule has 1 heterocycles. The molecule has 1 fully saturated rings. The van der Waals surface area contributed by atoms with Gasteiger partial charge < -0.3 is 21.8 Å². The number of H-pyrrole nitrogens is 1. The summed E-state index contributed by atoms with van der Waals surface area (Å²) in [5.74, 6) is 0.809. The molecule has 0 unspecified atom stereocenters. The highest BCUT2D eigenvalue weighted by Gasteiger charge is 2.28. The van der Waals surface area contributed by atoms with Crippen LogP contribution in [-0.2, 0) is 11.2 Å². The van der Waals surface area contributed by atoms with E-state index in [0.717, 1.165) is 42.5 Å². The molecule has 3 aromatic rings. The topological polar surface area (TPSA) is 127 Å². The van der Waals surface area contributed by atoms with Crippen molar-refractivity contribution >= 4 is 11.8 Å². The Morgan fingerprint density at radius 2 is 1.82 bits per heavy atom. The van der Waals surface area contributed by atoms with E-state index in [4.69, 9.17) is 11.5 Å². The molecule has 0 aliphatic heterocycles. The minimum atomic E-state index is -0.477. The third kappa shape index (κ3) is 5.68. The molecule has 1 aliphatic rings. The fourth-order valence-corrected chi connectivity index (χ4v) is 4.52. The molecule has 4 rings (SSSR count). The summed E-state index contributed by atoms with van der Waals surface area (Å²) < 4.78 is 0. The number of nitrogens with one attached hydrogen (secondary N) is 2. The Bertz CT molecular complexity index is 1090. The quantitative estimate of drug-likeness (QED) is 0.424. The highest BCUT2D eigenvalue weighted by Crippen LogP contribution is 2.29. The number of aromatic amines is 1. The van der Waals surface area contributed by atoms with Crippen LogP contribution in [0.1, 0.15) is 53.5 Å². The van der Waals surface area contributed by atoms with E-state index in [1.807, 2.05) is 36.4 Å². The zero-order chi connectivity index (χ0) is 23.2. The van der Waals surface area contributed by atoms with Crippen LogP contribution in [0.15, 0.2) is 60.8 Å². The predicted molar refractivity (Wildman–Crippen MR) is 128 cm³/mol. The van der Waals surface area contributed by atoms with E-state index in [9.17, 15) is 9.59 Å². The lowest BCUT2D eigenvalue weighted by Crippen LogP contribution is -2.37. The first-order valence-electron chi connectivity index (χ1n) is 11.5. The van der Waals surface area contributed by atoms with Gasteiger partial charge in [0.15, 0.2) is 0 Å². The van der Waals surface area contributed by atoms with Crippen molar-refractivity contribution in [1.29, 1.82) is 0 Å². The molecule has 0 bridgehead atoms. The molecule has 1 saturated carbocycles. The van der Waals surface area contributed by atoms with Gasteiger partial charge in [0.25, 0.3) is 0 Å². The number of nitrogens with zero attached hydrogens (tertiary/aromatic N) is 1. The highest BCUT2D eigenvalue weighted by atomic mass is 16.2. The average Bonchev–Trinajstić information content (AvgIpc) is 3.35. The van der Waals surface area contributed by atoms with Crippen LogP contribution in [0.2, 0.25) is 0 Å². The molecule has 0 spiro atoms. The van der Waals surface area contributed by atoms with Crippen LogP contribution in [0.5, 0.6) is 0 Å². The first kappa shape index (κ1) is 22.7. The predicted octanol–water partition coefficient (Wildman–Crippen LogP) is 3.34. The van der Waals surface area contributed by atoms with Crippen molar-refractivity contribution in [3.05, 3.63) is 77.7 Å². The van der Waals surface area contributed by atoms with Crippen molar-refractivity contribution in [2.45, 2.75) is 38.1 Å². The summed E-state index contributed by atoms with van der Waals surface area (Å²) in [6, 6.07) is 16.9. The Kier molecular flexibility index (Phi) is 7.19. The normalized spacial score (nSPS) is 19.1. The van der Waals surface area contributed by atoms with Crippen molar-refractivity contribution in [1.82, 2.24) is 15.3 Å². The number of hydrogen-bond acceptors (Lipinski definition) is 4. The number of amides is 2. The van der Waals surface area contributed by atoms with Crippen molar-refractivity contribution in [2.24, 2.45) is 23.3 Å². The summed E-state index contributed by atoms with van der Waals surface area (Å²) in [6.45, 7) is 0.692. The third-order valence-electron chi connectivity index (χ3n) is 6.53. The van der Waals surface area contributed by atoms with Crippen LogP contribution in [0, 0.1) is 11.8 Å². The van der Waals surface area contributed by atoms with Crippen molar-refractivity contribution in [3.63, 3.8) is 0 Å². The van der Waals surface area contributed by atoms with Crippen molar-refractivity contribution < 1.29 is 9.59 Å². The molecule has 172 valence electrons. The monoisotopic (exact) mass is 445 g/mol. The summed E-state index contributed by atoms with van der Waals surface area (Å²) in [5, 5.41) is 3.24. The van der Waals surface area contributed by atoms with Gasteiger partial charge in [0.1, 0.15) is 5.82 Å². The molecule has 33 heavy (non-hydrogen) atoms. The molecular formula is C26H31N5O2. The zero-order valence-corrected chi connectivity index (χ0v) is 18.7. The number of nitrogens with two attached hydrogens (primary N) is 2. The van der Waals surface area contributed by atoms with Crippen LogP contribution in [0.3, 0.4) is 0 Å². The summed E-state index contributed by atoms with van der Waals surface area (Å²) >= 11 is 0. The maximum Gasteiger partial charge on any atom is 0.248 e. The Labute approximate surface area is 194 Å². The van der Waals surface area contributed by atoms with Gasteiger partial charge in [0, 0.05) is 17.0 Å². The molecule has 7 nitrogen and oxygen atoms in total. The Hall–Kier alpha value is -3.45. The molecule has 6 N–H and O–H groups in total. The first-order chi connectivity index (χ1) is 16.0. The van der Waals surface area contributed by atoms with Crippen LogP contribution >= 0.6 is 0 Å². The summed E-state index contributed by atoms with van der Waals surface area (Å²) in [4.78, 5) is 32.6. The van der Waals surface area contributed by atoms with E-state index < -0.39 is 5.91 Å². The average molecular weight is 446 g/mol. The second-order valence-corrected chi connectivity index (χ2v) is 8.83. The summed E-state index contributed by atoms with van der Waals surface area (Å²) in [7, 11) is 0. The van der Waals surface area contributed by atoms with Gasteiger partial charge in [-0.15, -0.1) is 0 Å². The van der Waals surface area contributed by atoms with Crippen molar-refractivity contribution in [3.8, 4) is 11.3 Å². The van der Waals surface area contributed by atoms with Gasteiger partial charge in [0.05, 0.1) is 17.9 Å². The Balaban J connectivity index is 1.54. The number of hydrogen-bond donors (Lipinski definition) is 4. The lowest BCUT2D eigenvalue weighted by atomic mass is 9.81. The fourth-order valence-electron chi connectivity index (χ4n) is 4.52. The second kappa shape index (κ2) is 10.4. The molecule has 1 aromatic heterocycles. The van der Waals surface area contributed by atoms with E-state index in [1.54, 1.807) is 24.4 Å². The Morgan fingerprint density at radius 3 is 2.52 bits per heavy atom. The summed E-state index contributed by atoms with van der Waals surface area (Å²) in [5.41, 5.74) is 14.4. The molecule has 2 amide bonds. The molecule has 0 radical (unpaired) electrons. The SMILES string of the molecule is NCC1CCC(C(=O)N[C@@H](Cc2ccccc2)c2ncc(-c3cccc(C(N)=O)c3)[nH]2)CC1. The first-order valence-corrected chi connectivity index (χ1v) is 11.5. The van der Waals surface area contributed by atoms with E-state index in [-0.39, 0.29) is 17.9 Å².